The largest absolute Gasteiger partial charge is 0.480 e. The van der Waals surface area contributed by atoms with Gasteiger partial charge in [-0.1, -0.05) is 12.8 Å². The molecule has 0 bridgehead atoms. The van der Waals surface area contributed by atoms with Gasteiger partial charge in [0.05, 0.1) is 0 Å². The molecule has 3 rings (SSSR count). The monoisotopic (exact) mass is 237 g/mol. The van der Waals surface area contributed by atoms with Crippen LogP contribution in [0, 0.1) is 17.3 Å². The summed E-state index contributed by atoms with van der Waals surface area (Å²) in [5.41, 5.74) is -1.03. The van der Waals surface area contributed by atoms with Crippen molar-refractivity contribution in [3.05, 3.63) is 0 Å². The molecule has 1 aliphatic heterocycles. The van der Waals surface area contributed by atoms with Gasteiger partial charge >= 0.3 is 5.97 Å². The number of carbonyl (C=O) groups excluding carboxylic acids is 1. The zero-order valence-corrected chi connectivity index (χ0v) is 10.0. The average Bonchev–Trinajstić information content (AvgIpc) is 3.02. The second kappa shape index (κ2) is 3.72. The maximum Gasteiger partial charge on any atom is 0.319 e. The van der Waals surface area contributed by atoms with E-state index in [1.807, 2.05) is 4.90 Å². The van der Waals surface area contributed by atoms with Crippen LogP contribution in [0.3, 0.4) is 0 Å². The first kappa shape index (κ1) is 11.1. The van der Waals surface area contributed by atoms with E-state index in [0.717, 1.165) is 13.1 Å². The van der Waals surface area contributed by atoms with E-state index in [-0.39, 0.29) is 5.91 Å². The van der Waals surface area contributed by atoms with Gasteiger partial charge < -0.3 is 10.0 Å². The molecule has 1 heterocycles. The molecule has 4 nitrogen and oxygen atoms in total. The van der Waals surface area contributed by atoms with Gasteiger partial charge in [0.25, 0.3) is 0 Å². The summed E-state index contributed by atoms with van der Waals surface area (Å²) in [5, 5.41) is 9.15. The van der Waals surface area contributed by atoms with Gasteiger partial charge in [-0.15, -0.1) is 0 Å². The van der Waals surface area contributed by atoms with E-state index in [0.29, 0.717) is 24.7 Å². The molecule has 0 unspecified atom stereocenters. The number of hydrogen-bond donors (Lipinski definition) is 1. The predicted octanol–water partition coefficient (Wildman–Crippen LogP) is 1.50. The van der Waals surface area contributed by atoms with Crippen molar-refractivity contribution in [1.82, 2.24) is 4.90 Å². The summed E-state index contributed by atoms with van der Waals surface area (Å²) in [5.74, 6) is 0.242. The topological polar surface area (TPSA) is 57.6 Å². The highest BCUT2D eigenvalue weighted by atomic mass is 16.4. The minimum absolute atomic E-state index is 0.112. The molecule has 94 valence electrons. The van der Waals surface area contributed by atoms with Crippen molar-refractivity contribution in [3.8, 4) is 0 Å². The van der Waals surface area contributed by atoms with Gasteiger partial charge in [-0.25, -0.2) is 0 Å². The predicted molar refractivity (Wildman–Crippen MR) is 61.3 cm³/mol. The van der Waals surface area contributed by atoms with Crippen LogP contribution in [-0.4, -0.2) is 35.0 Å². The highest BCUT2D eigenvalue weighted by Gasteiger charge is 2.59. The van der Waals surface area contributed by atoms with E-state index < -0.39 is 11.4 Å². The summed E-state index contributed by atoms with van der Waals surface area (Å²) < 4.78 is 0. The average molecular weight is 237 g/mol. The van der Waals surface area contributed by atoms with Crippen molar-refractivity contribution in [2.45, 2.75) is 38.5 Å². The zero-order valence-electron chi connectivity index (χ0n) is 10.0. The van der Waals surface area contributed by atoms with Crippen LogP contribution in [-0.2, 0) is 9.59 Å². The first-order valence-corrected chi connectivity index (χ1v) is 6.66. The summed E-state index contributed by atoms with van der Waals surface area (Å²) in [6, 6.07) is 0. The fourth-order valence-corrected chi connectivity index (χ4v) is 3.52. The van der Waals surface area contributed by atoms with Crippen LogP contribution in [0.4, 0.5) is 0 Å². The second-order valence-electron chi connectivity index (χ2n) is 5.90. The molecule has 2 atom stereocenters. The van der Waals surface area contributed by atoms with Crippen LogP contribution >= 0.6 is 0 Å². The number of aliphatic carboxylic acids is 1. The maximum absolute atomic E-state index is 12.3. The lowest BCUT2D eigenvalue weighted by atomic mass is 9.82. The Bertz CT molecular complexity index is 348. The minimum Gasteiger partial charge on any atom is -0.480 e. The van der Waals surface area contributed by atoms with E-state index in [1.54, 1.807) is 0 Å². The number of likely N-dealkylation sites (tertiary alicyclic amines) is 1. The molecule has 3 aliphatic rings. The number of rotatable bonds is 2. The van der Waals surface area contributed by atoms with Crippen molar-refractivity contribution >= 4 is 11.9 Å². The molecular weight excluding hydrogens is 218 g/mol. The molecule has 1 N–H and O–H groups in total. The normalized spacial score (nSPS) is 34.2. The molecule has 0 spiro atoms. The van der Waals surface area contributed by atoms with Gasteiger partial charge in [0.15, 0.2) is 0 Å². The van der Waals surface area contributed by atoms with Crippen molar-refractivity contribution in [2.24, 2.45) is 17.3 Å². The summed E-state index contributed by atoms with van der Waals surface area (Å²) in [6.07, 6.45) is 6.05. The number of fused-ring (bicyclic) bond motifs is 1. The molecule has 2 saturated carbocycles. The quantitative estimate of drug-likeness (QED) is 0.740. The van der Waals surface area contributed by atoms with E-state index in [2.05, 4.69) is 0 Å². The minimum atomic E-state index is -1.03. The number of nitrogens with zero attached hydrogens (tertiary/aromatic N) is 1. The highest BCUT2D eigenvalue weighted by molar-refractivity contribution is 6.04. The molecular formula is C13H19NO3. The summed E-state index contributed by atoms with van der Waals surface area (Å²) >= 11 is 0. The Morgan fingerprint density at radius 1 is 1.06 bits per heavy atom. The molecule has 0 aromatic rings. The first-order valence-electron chi connectivity index (χ1n) is 6.66. The van der Waals surface area contributed by atoms with Crippen LogP contribution < -0.4 is 0 Å². The number of carboxylic acids is 1. The third-order valence-corrected chi connectivity index (χ3v) is 4.83. The highest BCUT2D eigenvalue weighted by Crippen LogP contribution is 2.49. The first-order chi connectivity index (χ1) is 8.13. The Hall–Kier alpha value is -1.06. The lowest BCUT2D eigenvalue weighted by Gasteiger charge is -2.22. The Kier molecular flexibility index (Phi) is 2.42. The summed E-state index contributed by atoms with van der Waals surface area (Å²) in [6.45, 7) is 1.61. The zero-order chi connectivity index (χ0) is 12.0. The SMILES string of the molecule is O=C(O)C1(C(=O)N2C[C@H]3CCCC[C@H]3C2)CC1. The third-order valence-electron chi connectivity index (χ3n) is 4.83. The standard InChI is InChI=1S/C13H19NO3/c15-11(13(5-6-13)12(16)17)14-7-9-3-1-2-4-10(9)8-14/h9-10H,1-8H2,(H,16,17)/t9-,10+. The third kappa shape index (κ3) is 1.65. The molecule has 0 radical (unpaired) electrons. The Labute approximate surface area is 101 Å². The smallest absolute Gasteiger partial charge is 0.319 e. The van der Waals surface area contributed by atoms with Gasteiger partial charge in [-0.05, 0) is 37.5 Å². The molecule has 0 aromatic heterocycles. The van der Waals surface area contributed by atoms with Gasteiger partial charge in [-0.3, -0.25) is 9.59 Å². The van der Waals surface area contributed by atoms with Crippen molar-refractivity contribution in [2.75, 3.05) is 13.1 Å². The maximum atomic E-state index is 12.3. The number of amides is 1. The fraction of sp³-hybridized carbons (Fsp3) is 0.846. The van der Waals surface area contributed by atoms with Crippen LogP contribution in [0.25, 0.3) is 0 Å². The molecule has 3 fully saturated rings. The van der Waals surface area contributed by atoms with E-state index >= 15 is 0 Å². The summed E-state index contributed by atoms with van der Waals surface area (Å²) in [7, 11) is 0. The molecule has 17 heavy (non-hydrogen) atoms. The fourth-order valence-electron chi connectivity index (χ4n) is 3.52. The second-order valence-corrected chi connectivity index (χ2v) is 5.90. The molecule has 1 saturated heterocycles. The molecule has 4 heteroatoms. The van der Waals surface area contributed by atoms with Crippen LogP contribution in [0.1, 0.15) is 38.5 Å². The Morgan fingerprint density at radius 2 is 1.59 bits per heavy atom. The van der Waals surface area contributed by atoms with Gasteiger partial charge in [0.1, 0.15) is 5.41 Å². The van der Waals surface area contributed by atoms with E-state index in [9.17, 15) is 9.59 Å². The van der Waals surface area contributed by atoms with Crippen molar-refractivity contribution < 1.29 is 14.7 Å². The molecule has 2 aliphatic carbocycles. The Morgan fingerprint density at radius 3 is 2.00 bits per heavy atom. The van der Waals surface area contributed by atoms with Gasteiger partial charge in [-0.2, -0.15) is 0 Å². The lowest BCUT2D eigenvalue weighted by molar-refractivity contribution is -0.153. The molecule has 0 aromatic carbocycles. The lowest BCUT2D eigenvalue weighted by Crippen LogP contribution is -2.39. The van der Waals surface area contributed by atoms with Gasteiger partial charge in [0, 0.05) is 13.1 Å². The van der Waals surface area contributed by atoms with Crippen LogP contribution in [0.5, 0.6) is 0 Å². The Balaban J connectivity index is 1.70. The number of carbonyl (C=O) groups is 2. The van der Waals surface area contributed by atoms with E-state index in [4.69, 9.17) is 5.11 Å². The van der Waals surface area contributed by atoms with Crippen molar-refractivity contribution in [1.29, 1.82) is 0 Å². The van der Waals surface area contributed by atoms with Crippen molar-refractivity contribution in [3.63, 3.8) is 0 Å². The van der Waals surface area contributed by atoms with Gasteiger partial charge in [0.2, 0.25) is 5.91 Å². The summed E-state index contributed by atoms with van der Waals surface area (Å²) in [4.78, 5) is 25.2. The number of carboxylic acid groups (broad SMARTS) is 1. The van der Waals surface area contributed by atoms with E-state index in [1.165, 1.54) is 25.7 Å². The van der Waals surface area contributed by atoms with Crippen LogP contribution in [0.15, 0.2) is 0 Å². The number of hydrogen-bond acceptors (Lipinski definition) is 2. The van der Waals surface area contributed by atoms with Crippen LogP contribution in [0.2, 0.25) is 0 Å². The molecule has 1 amide bonds.